The van der Waals surface area contributed by atoms with Crippen LogP contribution in [-0.2, 0) is 10.8 Å². The second-order valence-electron chi connectivity index (χ2n) is 24.3. The van der Waals surface area contributed by atoms with E-state index in [0.29, 0.717) is 0 Å². The van der Waals surface area contributed by atoms with E-state index in [1.807, 2.05) is 45.3 Å². The smallest absolute Gasteiger partial charge is 0.277 e. The molecule has 6 heterocycles. The van der Waals surface area contributed by atoms with Crippen molar-refractivity contribution in [3.8, 4) is 44.5 Å². The Kier molecular flexibility index (Phi) is 11.5. The normalized spacial score (nSPS) is 13.3. The van der Waals surface area contributed by atoms with Crippen LogP contribution in [0.5, 0.6) is 0 Å². The van der Waals surface area contributed by atoms with Gasteiger partial charge in [-0.3, -0.25) is 0 Å². The lowest BCUT2D eigenvalue weighted by Crippen LogP contribution is -2.59. The standard InChI is InChI=1S/C73H59BN2S4/c1-43(2)48-37-61-67-62(38-48)76(60-32-28-47(36-54(60)45-21-13-10-14-22-45)58-42-78-64-26-18-16-24-52(58)64)69-56-40-50(73(6,7)8)30-34-66(56)80-71(69)74(67)70-68(55-39-49(72(3,4)5)29-33-65(55)79-70)75(61)59-31-27-46(35-53(59)44-19-11-9-12-20-44)57-41-77-63-25-17-15-23-51(57)63/h9-43H,1-8H3. The van der Waals surface area contributed by atoms with Gasteiger partial charge in [-0.1, -0.05) is 177 Å². The first kappa shape index (κ1) is 49.5. The van der Waals surface area contributed by atoms with Crippen molar-refractivity contribution in [3.63, 3.8) is 0 Å². The molecule has 2 aliphatic heterocycles. The number of hydrogen-bond acceptors (Lipinski definition) is 6. The fourth-order valence-corrected chi connectivity index (χ4v) is 17.3. The zero-order chi connectivity index (χ0) is 54.3. The van der Waals surface area contributed by atoms with E-state index in [1.165, 1.54) is 151 Å². The van der Waals surface area contributed by atoms with E-state index >= 15 is 0 Å². The van der Waals surface area contributed by atoms with Crippen molar-refractivity contribution in [2.75, 3.05) is 9.80 Å². The Morgan fingerprint density at radius 1 is 0.375 bits per heavy atom. The molecule has 0 N–H and O–H groups in total. The van der Waals surface area contributed by atoms with Gasteiger partial charge in [0.1, 0.15) is 0 Å². The highest BCUT2D eigenvalue weighted by Gasteiger charge is 2.48. The van der Waals surface area contributed by atoms with Gasteiger partial charge in [0.15, 0.2) is 0 Å². The lowest BCUT2D eigenvalue weighted by atomic mass is 9.39. The van der Waals surface area contributed by atoms with Crippen LogP contribution in [0.3, 0.4) is 0 Å². The fourth-order valence-electron chi connectivity index (χ4n) is 12.7. The summed E-state index contributed by atoms with van der Waals surface area (Å²) in [5.74, 6) is 0.241. The average molecular weight is 1100 g/mol. The van der Waals surface area contributed by atoms with Gasteiger partial charge in [0.25, 0.3) is 6.71 Å². The van der Waals surface area contributed by atoms with Gasteiger partial charge in [-0.2, -0.15) is 0 Å². The highest BCUT2D eigenvalue weighted by molar-refractivity contribution is 7.40. The van der Waals surface area contributed by atoms with Crippen molar-refractivity contribution in [1.29, 1.82) is 0 Å². The summed E-state index contributed by atoms with van der Waals surface area (Å²) in [6.07, 6.45) is 0. The molecule has 388 valence electrons. The lowest BCUT2D eigenvalue weighted by molar-refractivity contribution is 0.591. The maximum atomic E-state index is 2.72. The zero-order valence-electron chi connectivity index (χ0n) is 46.3. The molecule has 13 aromatic rings. The molecule has 2 nitrogen and oxygen atoms in total. The predicted molar refractivity (Wildman–Crippen MR) is 355 cm³/mol. The Bertz CT molecular complexity index is 4330. The second-order valence-corrected chi connectivity index (χ2v) is 28.3. The SMILES string of the molecule is CC(C)c1cc2c3c(c1)N(c1ccc(-c4csc5ccccc45)cc1-c1ccccc1)c1c(sc4ccc(C(C)(C)C)cc14)B3c1sc3ccc(C(C)(C)C)cc3c1N2c1ccc(-c2csc3ccccc23)cc1-c1ccccc1. The topological polar surface area (TPSA) is 6.48 Å². The molecule has 4 aromatic heterocycles. The summed E-state index contributed by atoms with van der Waals surface area (Å²) < 4.78 is 8.04. The first-order chi connectivity index (χ1) is 38.8. The van der Waals surface area contributed by atoms with E-state index in [-0.39, 0.29) is 23.5 Å². The highest BCUT2D eigenvalue weighted by Crippen LogP contribution is 2.55. The summed E-state index contributed by atoms with van der Waals surface area (Å²) in [5.41, 5.74) is 22.6. The minimum atomic E-state index is -0.0458. The van der Waals surface area contributed by atoms with Gasteiger partial charge in [0, 0.05) is 83.5 Å². The Hall–Kier alpha value is -7.52. The van der Waals surface area contributed by atoms with Crippen LogP contribution in [0.15, 0.2) is 205 Å². The molecule has 80 heavy (non-hydrogen) atoms. The van der Waals surface area contributed by atoms with Gasteiger partial charge < -0.3 is 9.80 Å². The molecular weight excluding hydrogens is 1040 g/mol. The van der Waals surface area contributed by atoms with Crippen LogP contribution in [0.25, 0.3) is 84.9 Å². The van der Waals surface area contributed by atoms with Crippen molar-refractivity contribution in [2.24, 2.45) is 0 Å². The summed E-state index contributed by atoms with van der Waals surface area (Å²) in [7, 11) is 0. The molecule has 0 spiro atoms. The van der Waals surface area contributed by atoms with Crippen LogP contribution in [0.2, 0.25) is 0 Å². The number of anilines is 6. The third kappa shape index (κ3) is 7.83. The van der Waals surface area contributed by atoms with E-state index in [9.17, 15) is 0 Å². The lowest BCUT2D eigenvalue weighted by Gasteiger charge is -2.43. The van der Waals surface area contributed by atoms with Crippen LogP contribution >= 0.6 is 45.3 Å². The number of benzene rings is 9. The Balaban J connectivity index is 1.07. The van der Waals surface area contributed by atoms with Crippen LogP contribution in [-0.4, -0.2) is 6.71 Å². The molecule has 0 fully saturated rings. The van der Waals surface area contributed by atoms with Crippen LogP contribution < -0.4 is 24.8 Å². The van der Waals surface area contributed by atoms with Gasteiger partial charge in [0.2, 0.25) is 0 Å². The first-order valence-electron chi connectivity index (χ1n) is 28.0. The van der Waals surface area contributed by atoms with E-state index in [4.69, 9.17) is 0 Å². The Labute approximate surface area is 486 Å². The molecule has 0 radical (unpaired) electrons. The molecule has 0 unspecified atom stereocenters. The molecular formula is C73H59BN2S4. The molecule has 15 rings (SSSR count). The van der Waals surface area contributed by atoms with E-state index < -0.39 is 0 Å². The number of rotatable bonds is 7. The van der Waals surface area contributed by atoms with Crippen LogP contribution in [0.1, 0.15) is 78.0 Å². The van der Waals surface area contributed by atoms with Crippen molar-refractivity contribution >= 4 is 142 Å². The summed E-state index contributed by atoms with van der Waals surface area (Å²) in [6.45, 7) is 18.8. The predicted octanol–water partition coefficient (Wildman–Crippen LogP) is 21.0. The molecule has 0 atom stereocenters. The number of hydrogen-bond donors (Lipinski definition) is 0. The highest BCUT2D eigenvalue weighted by atomic mass is 32.1. The summed E-state index contributed by atoms with van der Waals surface area (Å²) in [6, 6.07) is 74.4. The summed E-state index contributed by atoms with van der Waals surface area (Å²) >= 11 is 7.65. The van der Waals surface area contributed by atoms with E-state index in [2.05, 4.69) is 270 Å². The largest absolute Gasteiger partial charge is 0.309 e. The number of thiophene rings is 4. The third-order valence-corrected chi connectivity index (χ3v) is 21.3. The van der Waals surface area contributed by atoms with Gasteiger partial charge in [0.05, 0.1) is 22.7 Å². The number of nitrogens with zero attached hydrogens (tertiary/aromatic N) is 2. The van der Waals surface area contributed by atoms with Crippen LogP contribution in [0, 0.1) is 0 Å². The maximum Gasteiger partial charge on any atom is 0.277 e. The second kappa shape index (κ2) is 18.5. The maximum absolute atomic E-state index is 2.72. The Morgan fingerprint density at radius 2 is 0.800 bits per heavy atom. The van der Waals surface area contributed by atoms with Crippen molar-refractivity contribution < 1.29 is 0 Å². The van der Waals surface area contributed by atoms with Crippen molar-refractivity contribution in [2.45, 2.75) is 72.1 Å². The van der Waals surface area contributed by atoms with E-state index in [1.54, 1.807) is 0 Å². The van der Waals surface area contributed by atoms with Gasteiger partial charge in [-0.25, -0.2) is 0 Å². The molecule has 0 aliphatic carbocycles. The molecule has 0 amide bonds. The Morgan fingerprint density at radius 3 is 1.23 bits per heavy atom. The molecule has 7 heteroatoms. The first-order valence-corrected chi connectivity index (χ1v) is 31.4. The van der Waals surface area contributed by atoms with Gasteiger partial charge in [-0.05, 0) is 145 Å². The fraction of sp³-hybridized carbons (Fsp3) is 0.151. The quantitative estimate of drug-likeness (QED) is 0.147. The summed E-state index contributed by atoms with van der Waals surface area (Å²) in [5, 5.41) is 9.92. The van der Waals surface area contributed by atoms with Crippen molar-refractivity contribution in [1.82, 2.24) is 0 Å². The molecule has 0 bridgehead atoms. The van der Waals surface area contributed by atoms with Gasteiger partial charge in [-0.15, -0.1) is 45.3 Å². The van der Waals surface area contributed by atoms with Crippen molar-refractivity contribution in [3.05, 3.63) is 222 Å². The minimum Gasteiger partial charge on any atom is -0.309 e. The van der Waals surface area contributed by atoms with E-state index in [0.717, 1.165) is 0 Å². The minimum absolute atomic E-state index is 0.0158. The van der Waals surface area contributed by atoms with Gasteiger partial charge >= 0.3 is 0 Å². The average Bonchev–Trinajstić information content (AvgIpc) is 4.37. The monoisotopic (exact) mass is 1100 g/mol. The molecule has 2 aliphatic rings. The number of fused-ring (bicyclic) bond motifs is 10. The third-order valence-electron chi connectivity index (χ3n) is 16.9. The zero-order valence-corrected chi connectivity index (χ0v) is 49.6. The molecule has 0 saturated carbocycles. The van der Waals surface area contributed by atoms with Crippen LogP contribution in [0.4, 0.5) is 34.1 Å². The molecule has 0 saturated heterocycles. The summed E-state index contributed by atoms with van der Waals surface area (Å²) in [4.78, 5) is 5.44. The molecule has 9 aromatic carbocycles.